The van der Waals surface area contributed by atoms with Crippen molar-refractivity contribution in [3.8, 4) is 0 Å². The van der Waals surface area contributed by atoms with Crippen LogP contribution in [-0.2, 0) is 6.42 Å². The van der Waals surface area contributed by atoms with Crippen molar-refractivity contribution in [2.24, 2.45) is 5.92 Å². The van der Waals surface area contributed by atoms with E-state index in [9.17, 15) is 18.0 Å². The second-order valence-corrected chi connectivity index (χ2v) is 6.75. The Balaban J connectivity index is 1.86. The number of thioether (sulfide) groups is 1. The number of rotatable bonds is 4. The van der Waals surface area contributed by atoms with Crippen LogP contribution in [0.2, 0.25) is 0 Å². The summed E-state index contributed by atoms with van der Waals surface area (Å²) in [7, 11) is 0. The van der Waals surface area contributed by atoms with Crippen molar-refractivity contribution in [3.63, 3.8) is 0 Å². The topological polar surface area (TPSA) is 58.1 Å². The first-order valence-electron chi connectivity index (χ1n) is 6.31. The first kappa shape index (κ1) is 16.3. The van der Waals surface area contributed by atoms with Gasteiger partial charge in [-0.15, -0.1) is 10.2 Å². The van der Waals surface area contributed by atoms with E-state index in [0.717, 1.165) is 23.5 Å². The van der Waals surface area contributed by atoms with Crippen LogP contribution in [0.4, 0.5) is 23.1 Å². The summed E-state index contributed by atoms with van der Waals surface area (Å²) in [6, 6.07) is -0.326. The fourth-order valence-corrected chi connectivity index (χ4v) is 3.61. The molecule has 1 N–H and O–H groups in total. The van der Waals surface area contributed by atoms with Gasteiger partial charge in [0.05, 0.1) is 6.42 Å². The van der Waals surface area contributed by atoms with Gasteiger partial charge in [-0.1, -0.05) is 11.3 Å². The quantitative estimate of drug-likeness (QED) is 0.916. The number of carbonyl (C=O) groups excluding carboxylic acids is 1. The van der Waals surface area contributed by atoms with Crippen LogP contribution < -0.4 is 5.32 Å². The molecule has 1 saturated heterocycles. The molecule has 1 aliphatic rings. The summed E-state index contributed by atoms with van der Waals surface area (Å²) in [6.45, 7) is 1.33. The third kappa shape index (κ3) is 5.03. The number of nitrogens with one attached hydrogen (secondary N) is 1. The number of nitrogens with zero attached hydrogens (tertiary/aromatic N) is 3. The third-order valence-corrected chi connectivity index (χ3v) is 4.65. The lowest BCUT2D eigenvalue weighted by Gasteiger charge is -2.15. The smallest absolute Gasteiger partial charge is 0.324 e. The van der Waals surface area contributed by atoms with Crippen LogP contribution in [0.15, 0.2) is 0 Å². The Morgan fingerprint density at radius 2 is 2.29 bits per heavy atom. The molecule has 21 heavy (non-hydrogen) atoms. The molecule has 118 valence electrons. The van der Waals surface area contributed by atoms with E-state index in [4.69, 9.17) is 0 Å². The molecular formula is C11H15F3N4OS2. The van der Waals surface area contributed by atoms with Gasteiger partial charge >= 0.3 is 12.2 Å². The van der Waals surface area contributed by atoms with Crippen molar-refractivity contribution in [3.05, 3.63) is 5.01 Å². The van der Waals surface area contributed by atoms with Crippen molar-refractivity contribution in [2.75, 3.05) is 30.4 Å². The van der Waals surface area contributed by atoms with Crippen molar-refractivity contribution in [2.45, 2.75) is 19.0 Å². The minimum absolute atomic E-state index is 0.104. The zero-order valence-electron chi connectivity index (χ0n) is 11.3. The highest BCUT2D eigenvalue weighted by atomic mass is 32.2. The molecular weight excluding hydrogens is 325 g/mol. The molecule has 0 aliphatic carbocycles. The molecule has 1 aromatic heterocycles. The van der Waals surface area contributed by atoms with Gasteiger partial charge in [0.15, 0.2) is 0 Å². The number of hydrogen-bond acceptors (Lipinski definition) is 5. The molecule has 0 saturated carbocycles. The van der Waals surface area contributed by atoms with Crippen LogP contribution in [-0.4, -0.2) is 52.4 Å². The van der Waals surface area contributed by atoms with Gasteiger partial charge in [0, 0.05) is 13.1 Å². The summed E-state index contributed by atoms with van der Waals surface area (Å²) in [4.78, 5) is 13.6. The maximum absolute atomic E-state index is 12.2. The van der Waals surface area contributed by atoms with E-state index < -0.39 is 12.6 Å². The number of likely N-dealkylation sites (tertiary alicyclic amines) is 1. The van der Waals surface area contributed by atoms with E-state index in [1.165, 1.54) is 0 Å². The van der Waals surface area contributed by atoms with E-state index >= 15 is 0 Å². The molecule has 2 heterocycles. The number of amides is 2. The first-order chi connectivity index (χ1) is 9.87. The van der Waals surface area contributed by atoms with Gasteiger partial charge in [0.2, 0.25) is 5.13 Å². The normalized spacial score (nSPS) is 19.0. The molecule has 2 amide bonds. The van der Waals surface area contributed by atoms with Gasteiger partial charge in [0.1, 0.15) is 5.01 Å². The third-order valence-electron chi connectivity index (χ3n) is 3.01. The van der Waals surface area contributed by atoms with Gasteiger partial charge in [0.25, 0.3) is 0 Å². The van der Waals surface area contributed by atoms with Crippen molar-refractivity contribution < 1.29 is 18.0 Å². The lowest BCUT2D eigenvalue weighted by Crippen LogP contribution is -2.33. The highest BCUT2D eigenvalue weighted by molar-refractivity contribution is 7.98. The van der Waals surface area contributed by atoms with E-state index in [-0.39, 0.29) is 16.2 Å². The number of carbonyl (C=O) groups is 1. The van der Waals surface area contributed by atoms with Crippen LogP contribution in [0.3, 0.4) is 0 Å². The maximum atomic E-state index is 12.2. The molecule has 0 bridgehead atoms. The zero-order valence-corrected chi connectivity index (χ0v) is 12.9. The predicted octanol–water partition coefficient (Wildman–Crippen LogP) is 2.86. The Morgan fingerprint density at radius 1 is 1.52 bits per heavy atom. The summed E-state index contributed by atoms with van der Waals surface area (Å²) in [5.41, 5.74) is 0. The Morgan fingerprint density at radius 3 is 2.95 bits per heavy atom. The van der Waals surface area contributed by atoms with Crippen LogP contribution in [0.25, 0.3) is 0 Å². The van der Waals surface area contributed by atoms with Gasteiger partial charge < -0.3 is 4.90 Å². The van der Waals surface area contributed by atoms with Crippen molar-refractivity contribution >= 4 is 34.3 Å². The highest BCUT2D eigenvalue weighted by Gasteiger charge is 2.30. The molecule has 10 heteroatoms. The number of aromatic nitrogens is 2. The number of hydrogen-bond donors (Lipinski definition) is 1. The average molecular weight is 340 g/mol. The molecule has 1 fully saturated rings. The zero-order chi connectivity index (χ0) is 15.5. The predicted molar refractivity (Wildman–Crippen MR) is 76.7 cm³/mol. The summed E-state index contributed by atoms with van der Waals surface area (Å²) < 4.78 is 36.6. The molecule has 1 aliphatic heterocycles. The first-order valence-corrected chi connectivity index (χ1v) is 8.52. The second-order valence-electron chi connectivity index (χ2n) is 4.78. The van der Waals surface area contributed by atoms with Gasteiger partial charge in [-0.05, 0) is 24.3 Å². The summed E-state index contributed by atoms with van der Waals surface area (Å²) in [5.74, 6) is 1.47. The molecule has 0 radical (unpaired) electrons. The summed E-state index contributed by atoms with van der Waals surface area (Å²) in [5, 5.41) is 9.47. The number of alkyl halides is 3. The highest BCUT2D eigenvalue weighted by Crippen LogP contribution is 2.26. The number of halogens is 3. The van der Waals surface area contributed by atoms with Gasteiger partial charge in [-0.25, -0.2) is 4.79 Å². The lowest BCUT2D eigenvalue weighted by molar-refractivity contribution is -0.127. The lowest BCUT2D eigenvalue weighted by atomic mass is 10.2. The maximum Gasteiger partial charge on any atom is 0.395 e. The number of urea groups is 1. The van der Waals surface area contributed by atoms with E-state index in [2.05, 4.69) is 15.5 Å². The van der Waals surface area contributed by atoms with Crippen LogP contribution >= 0.6 is 23.1 Å². The molecule has 0 aromatic carbocycles. The van der Waals surface area contributed by atoms with Crippen molar-refractivity contribution in [1.82, 2.24) is 15.1 Å². The molecule has 0 unspecified atom stereocenters. The second kappa shape index (κ2) is 6.82. The average Bonchev–Trinajstić information content (AvgIpc) is 2.97. The van der Waals surface area contributed by atoms with Gasteiger partial charge in [-0.3, -0.25) is 5.32 Å². The summed E-state index contributed by atoms with van der Waals surface area (Å²) in [6.07, 6.45) is -2.48. The van der Waals surface area contributed by atoms with Gasteiger partial charge in [-0.2, -0.15) is 24.9 Å². The Labute approximate surface area is 128 Å². The molecule has 1 aromatic rings. The minimum atomic E-state index is -4.32. The standard InChI is InChI=1S/C11H15F3N4OS2/c1-20-6-7-2-3-18(5-7)10(19)15-9-17-16-8(21-9)4-11(12,13)14/h7H,2-6H2,1H3,(H,15,17,19)/t7-/m1/s1. The Hall–Kier alpha value is -1.03. The molecule has 2 rings (SSSR count). The summed E-state index contributed by atoms with van der Waals surface area (Å²) >= 11 is 2.49. The number of anilines is 1. The van der Waals surface area contributed by atoms with Crippen LogP contribution in [0.5, 0.6) is 0 Å². The van der Waals surface area contributed by atoms with Crippen LogP contribution in [0, 0.1) is 5.92 Å². The Bertz CT molecular complexity index is 494. The largest absolute Gasteiger partial charge is 0.395 e. The Kier molecular flexibility index (Phi) is 5.31. The monoisotopic (exact) mass is 340 g/mol. The molecule has 1 atom stereocenters. The van der Waals surface area contributed by atoms with E-state index in [0.29, 0.717) is 19.0 Å². The fourth-order valence-electron chi connectivity index (χ4n) is 2.11. The fraction of sp³-hybridized carbons (Fsp3) is 0.727. The SMILES string of the molecule is CSC[C@@H]1CCN(C(=O)Nc2nnc(CC(F)(F)F)s2)C1. The minimum Gasteiger partial charge on any atom is -0.324 e. The van der Waals surface area contributed by atoms with E-state index in [1.807, 2.05) is 6.26 Å². The van der Waals surface area contributed by atoms with Crippen molar-refractivity contribution in [1.29, 1.82) is 0 Å². The molecule has 5 nitrogen and oxygen atoms in total. The molecule has 0 spiro atoms. The van der Waals surface area contributed by atoms with Crippen LogP contribution in [0.1, 0.15) is 11.4 Å². The van der Waals surface area contributed by atoms with E-state index in [1.54, 1.807) is 16.7 Å².